The molecule has 0 spiro atoms. The van der Waals surface area contributed by atoms with E-state index in [0.717, 1.165) is 24.1 Å². The zero-order chi connectivity index (χ0) is 21.6. The van der Waals surface area contributed by atoms with Crippen molar-refractivity contribution in [3.8, 4) is 5.75 Å². The van der Waals surface area contributed by atoms with Crippen molar-refractivity contribution in [2.24, 2.45) is 0 Å². The normalized spacial score (nSPS) is 13.4. The van der Waals surface area contributed by atoms with E-state index in [1.807, 2.05) is 18.2 Å². The highest BCUT2D eigenvalue weighted by molar-refractivity contribution is 6.69. The van der Waals surface area contributed by atoms with E-state index in [1.165, 1.54) is 5.56 Å². The van der Waals surface area contributed by atoms with Crippen LogP contribution in [0.3, 0.4) is 0 Å². The molecule has 1 atom stereocenters. The molecule has 0 aliphatic carbocycles. The van der Waals surface area contributed by atoms with Crippen molar-refractivity contribution in [3.05, 3.63) is 65.2 Å². The van der Waals surface area contributed by atoms with Gasteiger partial charge in [-0.15, -0.1) is 0 Å². The fourth-order valence-electron chi connectivity index (χ4n) is 3.85. The minimum absolute atomic E-state index is 0.156. The molecule has 0 aromatic heterocycles. The summed E-state index contributed by atoms with van der Waals surface area (Å²) in [4.78, 5) is 2.52. The average molecular weight is 414 g/mol. The second-order valence-corrected chi connectivity index (χ2v) is 14.0. The van der Waals surface area contributed by atoms with Crippen molar-refractivity contribution in [2.75, 3.05) is 6.54 Å². The maximum absolute atomic E-state index is 10.7. The quantitative estimate of drug-likeness (QED) is 0.458. The van der Waals surface area contributed by atoms with Gasteiger partial charge < -0.3 is 9.53 Å². The molecule has 0 heterocycles. The van der Waals surface area contributed by atoms with Crippen molar-refractivity contribution in [1.29, 1.82) is 0 Å². The molecule has 0 fully saturated rings. The van der Waals surface area contributed by atoms with Crippen molar-refractivity contribution in [1.82, 2.24) is 4.90 Å². The lowest BCUT2D eigenvalue weighted by molar-refractivity contribution is 0.170. The standard InChI is InChI=1S/C25H39NO2Si/c1-19(2)26(20(3)4)16-15-23(22-11-9-8-10-12-22)24-17-21(13-14-25(24)27)18-28-29(5,6)7/h8-14,17,19-20,23,27H,15-16,18H2,1-7H3. The molecular formula is C25H39NO2Si. The van der Waals surface area contributed by atoms with E-state index in [0.29, 0.717) is 24.4 Å². The number of phenolic OH excluding ortho intramolecular Hbond substituents is 1. The lowest BCUT2D eigenvalue weighted by Crippen LogP contribution is -2.38. The van der Waals surface area contributed by atoms with Gasteiger partial charge in [0.05, 0.1) is 6.61 Å². The number of hydrogen-bond donors (Lipinski definition) is 1. The first kappa shape index (κ1) is 23.7. The average Bonchev–Trinajstić information content (AvgIpc) is 2.64. The first-order chi connectivity index (χ1) is 13.6. The molecule has 2 aromatic rings. The lowest BCUT2D eigenvalue weighted by Gasteiger charge is -2.32. The third-order valence-electron chi connectivity index (χ3n) is 5.34. The van der Waals surface area contributed by atoms with Gasteiger partial charge in [-0.25, -0.2) is 0 Å². The number of rotatable bonds is 10. The highest BCUT2D eigenvalue weighted by Gasteiger charge is 2.22. The summed E-state index contributed by atoms with van der Waals surface area (Å²) < 4.78 is 6.11. The van der Waals surface area contributed by atoms with Gasteiger partial charge in [-0.3, -0.25) is 4.90 Å². The van der Waals surface area contributed by atoms with Gasteiger partial charge in [-0.05, 0) is 83.6 Å². The number of hydrogen-bond acceptors (Lipinski definition) is 3. The Morgan fingerprint density at radius 1 is 0.931 bits per heavy atom. The van der Waals surface area contributed by atoms with Crippen LogP contribution in [0, 0.1) is 0 Å². The van der Waals surface area contributed by atoms with Crippen molar-refractivity contribution in [2.45, 2.75) is 78.4 Å². The first-order valence-electron chi connectivity index (χ1n) is 10.8. The predicted molar refractivity (Wildman–Crippen MR) is 126 cm³/mol. The second kappa shape index (κ2) is 10.4. The molecule has 0 radical (unpaired) electrons. The number of nitrogens with zero attached hydrogens (tertiary/aromatic N) is 1. The molecule has 0 saturated carbocycles. The molecule has 0 aliphatic rings. The van der Waals surface area contributed by atoms with Crippen LogP contribution in [0.2, 0.25) is 19.6 Å². The molecule has 0 amide bonds. The Morgan fingerprint density at radius 3 is 2.10 bits per heavy atom. The molecule has 2 rings (SSSR count). The molecule has 4 heteroatoms. The number of benzene rings is 2. The summed E-state index contributed by atoms with van der Waals surface area (Å²) >= 11 is 0. The summed E-state index contributed by atoms with van der Waals surface area (Å²) in [6, 6.07) is 17.5. The van der Waals surface area contributed by atoms with Gasteiger partial charge in [-0.2, -0.15) is 0 Å². The fraction of sp³-hybridized carbons (Fsp3) is 0.520. The van der Waals surface area contributed by atoms with Crippen LogP contribution in [-0.4, -0.2) is 37.0 Å². The lowest BCUT2D eigenvalue weighted by atomic mass is 9.86. The third-order valence-corrected chi connectivity index (χ3v) is 6.35. The van der Waals surface area contributed by atoms with Gasteiger partial charge in [-0.1, -0.05) is 36.4 Å². The fourth-order valence-corrected chi connectivity index (χ4v) is 4.45. The number of phenols is 1. The van der Waals surface area contributed by atoms with Crippen LogP contribution in [-0.2, 0) is 11.0 Å². The van der Waals surface area contributed by atoms with E-state index in [9.17, 15) is 5.11 Å². The number of aromatic hydroxyl groups is 1. The minimum Gasteiger partial charge on any atom is -0.508 e. The Morgan fingerprint density at radius 2 is 1.55 bits per heavy atom. The largest absolute Gasteiger partial charge is 0.508 e. The van der Waals surface area contributed by atoms with Crippen LogP contribution >= 0.6 is 0 Å². The van der Waals surface area contributed by atoms with Gasteiger partial charge in [0.2, 0.25) is 0 Å². The van der Waals surface area contributed by atoms with E-state index in [4.69, 9.17) is 4.43 Å². The first-order valence-corrected chi connectivity index (χ1v) is 14.3. The smallest absolute Gasteiger partial charge is 0.184 e. The summed E-state index contributed by atoms with van der Waals surface area (Å²) in [6.07, 6.45) is 0.965. The Kier molecular flexibility index (Phi) is 8.50. The molecule has 3 nitrogen and oxygen atoms in total. The highest BCUT2D eigenvalue weighted by Crippen LogP contribution is 2.35. The third kappa shape index (κ3) is 7.29. The topological polar surface area (TPSA) is 32.7 Å². The van der Waals surface area contributed by atoms with E-state index in [2.05, 4.69) is 82.6 Å². The molecule has 0 aliphatic heterocycles. The highest BCUT2D eigenvalue weighted by atomic mass is 28.4. The van der Waals surface area contributed by atoms with Gasteiger partial charge in [0, 0.05) is 23.6 Å². The van der Waals surface area contributed by atoms with Gasteiger partial charge in [0.15, 0.2) is 8.32 Å². The van der Waals surface area contributed by atoms with Crippen molar-refractivity contribution >= 4 is 8.32 Å². The van der Waals surface area contributed by atoms with Gasteiger partial charge >= 0.3 is 0 Å². The van der Waals surface area contributed by atoms with Crippen LogP contribution in [0.5, 0.6) is 5.75 Å². The van der Waals surface area contributed by atoms with Crippen molar-refractivity contribution in [3.63, 3.8) is 0 Å². The Hall–Kier alpha value is -1.62. The summed E-state index contributed by atoms with van der Waals surface area (Å²) in [7, 11) is -1.59. The molecule has 2 aromatic carbocycles. The van der Waals surface area contributed by atoms with Crippen molar-refractivity contribution < 1.29 is 9.53 Å². The zero-order valence-electron chi connectivity index (χ0n) is 19.3. The van der Waals surface area contributed by atoms with Crippen LogP contribution < -0.4 is 0 Å². The van der Waals surface area contributed by atoms with Crippen LogP contribution in [0.15, 0.2) is 48.5 Å². The molecule has 29 heavy (non-hydrogen) atoms. The van der Waals surface area contributed by atoms with Crippen LogP contribution in [0.1, 0.15) is 56.7 Å². The molecule has 0 saturated heterocycles. The predicted octanol–water partition coefficient (Wildman–Crippen LogP) is 6.38. The SMILES string of the molecule is CC(C)N(CCC(c1ccccc1)c1cc(CO[Si](C)(C)C)ccc1O)C(C)C. The molecule has 160 valence electrons. The van der Waals surface area contributed by atoms with Gasteiger partial charge in [0.25, 0.3) is 0 Å². The van der Waals surface area contributed by atoms with E-state index in [-0.39, 0.29) is 5.92 Å². The minimum atomic E-state index is -1.59. The molecular weight excluding hydrogens is 374 g/mol. The maximum atomic E-state index is 10.7. The Labute approximate surface area is 178 Å². The second-order valence-electron chi connectivity index (χ2n) is 9.47. The monoisotopic (exact) mass is 413 g/mol. The molecule has 1 unspecified atom stereocenters. The summed E-state index contributed by atoms with van der Waals surface area (Å²) in [5.74, 6) is 0.527. The summed E-state index contributed by atoms with van der Waals surface area (Å²) in [5, 5.41) is 10.7. The van der Waals surface area contributed by atoms with E-state index < -0.39 is 8.32 Å². The molecule has 1 N–H and O–H groups in total. The maximum Gasteiger partial charge on any atom is 0.184 e. The van der Waals surface area contributed by atoms with E-state index in [1.54, 1.807) is 0 Å². The van der Waals surface area contributed by atoms with Crippen LogP contribution in [0.25, 0.3) is 0 Å². The summed E-state index contributed by atoms with van der Waals surface area (Å²) in [6.45, 7) is 17.2. The van der Waals surface area contributed by atoms with E-state index >= 15 is 0 Å². The molecule has 0 bridgehead atoms. The van der Waals surface area contributed by atoms with Gasteiger partial charge in [0.1, 0.15) is 5.75 Å². The zero-order valence-corrected chi connectivity index (χ0v) is 20.3. The summed E-state index contributed by atoms with van der Waals surface area (Å²) in [5.41, 5.74) is 3.38. The Bertz CT molecular complexity index is 745. The van der Waals surface area contributed by atoms with Crippen LogP contribution in [0.4, 0.5) is 0 Å². The Balaban J connectivity index is 2.33.